The molecule has 13 heavy (non-hydrogen) atoms. The van der Waals surface area contributed by atoms with E-state index in [2.05, 4.69) is 6.58 Å². The maximum atomic E-state index is 12.9. The van der Waals surface area contributed by atoms with Gasteiger partial charge >= 0.3 is 0 Å². The Morgan fingerprint density at radius 1 is 1.62 bits per heavy atom. The Labute approximate surface area is 75.2 Å². The number of halogens is 1. The monoisotopic (exact) mass is 183 g/mol. The Hall–Kier alpha value is -1.19. The fourth-order valence-electron chi connectivity index (χ4n) is 2.14. The molecule has 1 aliphatic carbocycles. The van der Waals surface area contributed by atoms with Crippen molar-refractivity contribution in [2.24, 2.45) is 5.92 Å². The lowest BCUT2D eigenvalue weighted by Crippen LogP contribution is -2.60. The van der Waals surface area contributed by atoms with Crippen LogP contribution in [0.3, 0.4) is 0 Å². The maximum absolute atomic E-state index is 12.9. The second kappa shape index (κ2) is 2.65. The van der Waals surface area contributed by atoms with Crippen molar-refractivity contribution in [3.05, 3.63) is 12.7 Å². The number of amides is 2. The summed E-state index contributed by atoms with van der Waals surface area (Å²) in [6, 6.07) is -0.201. The van der Waals surface area contributed by atoms with Crippen molar-refractivity contribution >= 4 is 11.8 Å². The van der Waals surface area contributed by atoms with E-state index >= 15 is 0 Å². The van der Waals surface area contributed by atoms with Crippen LogP contribution in [-0.2, 0) is 9.59 Å². The third-order valence-corrected chi connectivity index (χ3v) is 2.77. The number of imide groups is 1. The number of hydrogen-bond donors (Lipinski definition) is 0. The lowest BCUT2D eigenvalue weighted by molar-refractivity contribution is -0.161. The minimum Gasteiger partial charge on any atom is -0.275 e. The van der Waals surface area contributed by atoms with Crippen LogP contribution in [0.15, 0.2) is 12.7 Å². The highest BCUT2D eigenvalue weighted by Crippen LogP contribution is 2.41. The van der Waals surface area contributed by atoms with E-state index in [4.69, 9.17) is 0 Å². The number of likely N-dealkylation sites (tertiary alicyclic amines) is 1. The molecular formula is C9H10FNO2. The molecule has 1 heterocycles. The highest BCUT2D eigenvalue weighted by Gasteiger charge is 2.55. The summed E-state index contributed by atoms with van der Waals surface area (Å²) in [7, 11) is 0. The van der Waals surface area contributed by atoms with Gasteiger partial charge in [0, 0.05) is 6.42 Å². The minimum absolute atomic E-state index is 0.201. The fourth-order valence-corrected chi connectivity index (χ4v) is 2.14. The van der Waals surface area contributed by atoms with E-state index in [9.17, 15) is 14.0 Å². The summed E-state index contributed by atoms with van der Waals surface area (Å²) >= 11 is 0. The molecule has 0 radical (unpaired) electrons. The molecule has 1 saturated carbocycles. The summed E-state index contributed by atoms with van der Waals surface area (Å²) in [5, 5.41) is 0. The average molecular weight is 183 g/mol. The van der Waals surface area contributed by atoms with E-state index in [1.165, 1.54) is 0 Å². The number of fused-ring (bicyclic) bond motifs is 1. The molecule has 2 fully saturated rings. The summed E-state index contributed by atoms with van der Waals surface area (Å²) < 4.78 is 12.9. The molecule has 2 amide bonds. The molecule has 0 bridgehead atoms. The van der Waals surface area contributed by atoms with E-state index in [1.807, 2.05) is 0 Å². The van der Waals surface area contributed by atoms with E-state index in [-0.39, 0.29) is 24.3 Å². The number of β-lactam (4-membered cyclic amide) rings is 1. The van der Waals surface area contributed by atoms with Gasteiger partial charge in [-0.1, -0.05) is 6.58 Å². The molecule has 2 aliphatic rings. The molecule has 0 aromatic rings. The third-order valence-electron chi connectivity index (χ3n) is 2.77. The molecule has 0 N–H and O–H groups in total. The van der Waals surface area contributed by atoms with Crippen LogP contribution in [0.2, 0.25) is 0 Å². The number of nitrogens with zero attached hydrogens (tertiary/aromatic N) is 1. The fraction of sp³-hybridized carbons (Fsp3) is 0.556. The summed E-state index contributed by atoms with van der Waals surface area (Å²) in [5.41, 5.74) is 0. The van der Waals surface area contributed by atoms with E-state index in [1.54, 1.807) is 0 Å². The number of carbonyl (C=O) groups is 2. The third kappa shape index (κ3) is 1.01. The first-order valence-electron chi connectivity index (χ1n) is 4.28. The molecule has 0 aromatic carbocycles. The van der Waals surface area contributed by atoms with Gasteiger partial charge in [0.05, 0.1) is 12.0 Å². The second-order valence-corrected chi connectivity index (χ2v) is 3.49. The molecule has 3 unspecified atom stereocenters. The van der Waals surface area contributed by atoms with Crippen molar-refractivity contribution in [3.63, 3.8) is 0 Å². The van der Waals surface area contributed by atoms with Crippen molar-refractivity contribution in [1.29, 1.82) is 0 Å². The van der Waals surface area contributed by atoms with Crippen molar-refractivity contribution < 1.29 is 14.0 Å². The molecule has 4 heteroatoms. The number of hydrogen-bond acceptors (Lipinski definition) is 2. The maximum Gasteiger partial charge on any atom is 0.252 e. The number of alkyl halides is 1. The van der Waals surface area contributed by atoms with Crippen LogP contribution < -0.4 is 0 Å². The Balaban J connectivity index is 2.13. The van der Waals surface area contributed by atoms with Gasteiger partial charge in [-0.2, -0.15) is 0 Å². The van der Waals surface area contributed by atoms with Gasteiger partial charge in [-0.25, -0.2) is 4.39 Å². The van der Waals surface area contributed by atoms with Crippen LogP contribution in [0, 0.1) is 5.92 Å². The van der Waals surface area contributed by atoms with Gasteiger partial charge in [-0.05, 0) is 12.5 Å². The van der Waals surface area contributed by atoms with E-state index in [0.717, 1.165) is 11.0 Å². The van der Waals surface area contributed by atoms with Gasteiger partial charge < -0.3 is 0 Å². The van der Waals surface area contributed by atoms with Crippen molar-refractivity contribution in [1.82, 2.24) is 4.90 Å². The van der Waals surface area contributed by atoms with Gasteiger partial charge in [-0.15, -0.1) is 0 Å². The predicted octanol–water partition coefficient (Wildman–Crippen LogP) is 0.658. The molecule has 2 rings (SSSR count). The van der Waals surface area contributed by atoms with Crippen LogP contribution in [0.25, 0.3) is 0 Å². The van der Waals surface area contributed by atoms with Crippen LogP contribution in [0.5, 0.6) is 0 Å². The van der Waals surface area contributed by atoms with Crippen molar-refractivity contribution in [2.75, 3.05) is 0 Å². The predicted molar refractivity (Wildman–Crippen MR) is 43.5 cm³/mol. The standard InChI is InChI=1S/C9H10FNO2/c1-2-8(12)11-7-4-5(10)3-6(7)9(11)13/h2,5-7H,1,3-4H2. The quantitative estimate of drug-likeness (QED) is 0.442. The van der Waals surface area contributed by atoms with E-state index < -0.39 is 12.1 Å². The first-order valence-corrected chi connectivity index (χ1v) is 4.28. The summed E-state index contributed by atoms with van der Waals surface area (Å²) in [6.45, 7) is 3.29. The van der Waals surface area contributed by atoms with Gasteiger partial charge in [0.15, 0.2) is 0 Å². The highest BCUT2D eigenvalue weighted by molar-refractivity contribution is 6.06. The molecule has 0 spiro atoms. The SMILES string of the molecule is C=CC(=O)N1C(=O)C2CC(F)CC21. The minimum atomic E-state index is -0.929. The molecule has 70 valence electrons. The molecule has 0 aromatic heterocycles. The Morgan fingerprint density at radius 2 is 2.31 bits per heavy atom. The van der Waals surface area contributed by atoms with Crippen molar-refractivity contribution in [3.8, 4) is 0 Å². The molecule has 3 atom stereocenters. The smallest absolute Gasteiger partial charge is 0.252 e. The normalized spacial score (nSPS) is 36.8. The van der Waals surface area contributed by atoms with Gasteiger partial charge in [0.1, 0.15) is 6.17 Å². The zero-order valence-electron chi connectivity index (χ0n) is 7.07. The molecule has 1 aliphatic heterocycles. The topological polar surface area (TPSA) is 37.4 Å². The Morgan fingerprint density at radius 3 is 2.92 bits per heavy atom. The summed E-state index contributed by atoms with van der Waals surface area (Å²) in [5.74, 6) is -0.894. The van der Waals surface area contributed by atoms with Gasteiger partial charge in [0.25, 0.3) is 5.91 Å². The lowest BCUT2D eigenvalue weighted by Gasteiger charge is -2.40. The van der Waals surface area contributed by atoms with Crippen molar-refractivity contribution in [2.45, 2.75) is 25.1 Å². The highest BCUT2D eigenvalue weighted by atomic mass is 19.1. The largest absolute Gasteiger partial charge is 0.275 e. The average Bonchev–Trinajstić information content (AvgIpc) is 2.44. The number of rotatable bonds is 1. The lowest BCUT2D eigenvalue weighted by atomic mass is 9.90. The summed E-state index contributed by atoms with van der Waals surface area (Å²) in [6.07, 6.45) is 0.752. The van der Waals surface area contributed by atoms with Gasteiger partial charge in [0.2, 0.25) is 5.91 Å². The summed E-state index contributed by atoms with van der Waals surface area (Å²) in [4.78, 5) is 23.5. The zero-order chi connectivity index (χ0) is 9.59. The Kier molecular flexibility index (Phi) is 1.71. The van der Waals surface area contributed by atoms with Crippen LogP contribution in [0.4, 0.5) is 4.39 Å². The zero-order valence-corrected chi connectivity index (χ0v) is 7.07. The van der Waals surface area contributed by atoms with Crippen LogP contribution in [0.1, 0.15) is 12.8 Å². The second-order valence-electron chi connectivity index (χ2n) is 3.49. The Bertz CT molecular complexity index is 289. The molecule has 1 saturated heterocycles. The van der Waals surface area contributed by atoms with Gasteiger partial charge in [-0.3, -0.25) is 14.5 Å². The molecule has 3 nitrogen and oxygen atoms in total. The number of carbonyl (C=O) groups excluding carboxylic acids is 2. The molecular weight excluding hydrogens is 173 g/mol. The first kappa shape index (κ1) is 8.41. The van der Waals surface area contributed by atoms with E-state index in [0.29, 0.717) is 6.42 Å². The first-order chi connectivity index (χ1) is 6.15. The van der Waals surface area contributed by atoms with Crippen LogP contribution >= 0.6 is 0 Å². The van der Waals surface area contributed by atoms with Crippen LogP contribution in [-0.4, -0.2) is 28.9 Å².